The average Bonchev–Trinajstić information content (AvgIpc) is 2.16. The van der Waals surface area contributed by atoms with Crippen molar-refractivity contribution in [1.29, 1.82) is 5.26 Å². The van der Waals surface area contributed by atoms with Crippen LogP contribution < -0.4 is 0 Å². The van der Waals surface area contributed by atoms with Crippen molar-refractivity contribution in [3.63, 3.8) is 0 Å². The fourth-order valence-corrected chi connectivity index (χ4v) is 2.06. The Balaban J connectivity index is 3.81. The van der Waals surface area contributed by atoms with Crippen molar-refractivity contribution in [3.8, 4) is 6.07 Å². The van der Waals surface area contributed by atoms with Crippen LogP contribution in [0.4, 0.5) is 0 Å². The van der Waals surface area contributed by atoms with Crippen LogP contribution in [0.25, 0.3) is 0 Å². The van der Waals surface area contributed by atoms with Gasteiger partial charge in [0.15, 0.2) is 0 Å². The van der Waals surface area contributed by atoms with E-state index in [0.717, 1.165) is 18.6 Å². The van der Waals surface area contributed by atoms with Gasteiger partial charge in [0.1, 0.15) is 5.25 Å². The number of nitrogens with zero attached hydrogens (tertiary/aromatic N) is 1. The normalized spacial score (nSPS) is 12.2. The zero-order valence-corrected chi connectivity index (χ0v) is 10.5. The molecular formula is C11H19NO2S. The Morgan fingerprint density at radius 1 is 1.53 bits per heavy atom. The van der Waals surface area contributed by atoms with Gasteiger partial charge in [-0.1, -0.05) is 6.92 Å². The SMILES string of the molecule is CCC(SCCCC#N)C(=O)OC(C)C. The number of hydrogen-bond donors (Lipinski definition) is 0. The standard InChI is InChI=1S/C11H19NO2S/c1-4-10(11(13)14-9(2)3)15-8-6-5-7-12/h9-10H,4-6,8H2,1-3H3. The molecule has 0 aromatic carbocycles. The average molecular weight is 229 g/mol. The lowest BCUT2D eigenvalue weighted by molar-refractivity contribution is -0.146. The molecule has 3 nitrogen and oxygen atoms in total. The highest BCUT2D eigenvalue weighted by atomic mass is 32.2. The molecule has 0 aliphatic rings. The van der Waals surface area contributed by atoms with Crippen LogP contribution in [-0.2, 0) is 9.53 Å². The summed E-state index contributed by atoms with van der Waals surface area (Å²) in [6.45, 7) is 5.68. The van der Waals surface area contributed by atoms with Crippen LogP contribution in [0.3, 0.4) is 0 Å². The van der Waals surface area contributed by atoms with Gasteiger partial charge in [0.2, 0.25) is 0 Å². The van der Waals surface area contributed by atoms with Crippen molar-refractivity contribution in [3.05, 3.63) is 0 Å². The van der Waals surface area contributed by atoms with E-state index in [4.69, 9.17) is 10.00 Å². The molecule has 1 atom stereocenters. The maximum atomic E-state index is 11.5. The lowest BCUT2D eigenvalue weighted by Crippen LogP contribution is -2.23. The number of carbonyl (C=O) groups is 1. The van der Waals surface area contributed by atoms with Gasteiger partial charge in [0.05, 0.1) is 12.2 Å². The highest BCUT2D eigenvalue weighted by Crippen LogP contribution is 2.18. The number of thioether (sulfide) groups is 1. The zero-order valence-electron chi connectivity index (χ0n) is 9.66. The third-order valence-corrected chi connectivity index (χ3v) is 3.19. The predicted octanol–water partition coefficient (Wildman–Crippen LogP) is 2.75. The summed E-state index contributed by atoms with van der Waals surface area (Å²) >= 11 is 1.59. The predicted molar refractivity (Wildman–Crippen MR) is 62.6 cm³/mol. The summed E-state index contributed by atoms with van der Waals surface area (Å²) in [4.78, 5) is 11.5. The highest BCUT2D eigenvalue weighted by Gasteiger charge is 2.18. The summed E-state index contributed by atoms with van der Waals surface area (Å²) in [6, 6.07) is 2.09. The molecule has 86 valence electrons. The molecule has 0 bridgehead atoms. The van der Waals surface area contributed by atoms with Gasteiger partial charge in [-0.2, -0.15) is 5.26 Å². The summed E-state index contributed by atoms with van der Waals surface area (Å²) in [5, 5.41) is 8.29. The van der Waals surface area contributed by atoms with Gasteiger partial charge >= 0.3 is 5.97 Å². The molecule has 0 fully saturated rings. The smallest absolute Gasteiger partial charge is 0.319 e. The number of unbranched alkanes of at least 4 members (excludes halogenated alkanes) is 1. The highest BCUT2D eigenvalue weighted by molar-refractivity contribution is 8.00. The third kappa shape index (κ3) is 7.26. The maximum absolute atomic E-state index is 11.5. The molecule has 0 aliphatic heterocycles. The van der Waals surface area contributed by atoms with Gasteiger partial charge < -0.3 is 4.74 Å². The number of rotatable bonds is 7. The zero-order chi connectivity index (χ0) is 11.7. The van der Waals surface area contributed by atoms with Crippen molar-refractivity contribution < 1.29 is 9.53 Å². The second kappa shape index (κ2) is 8.60. The first-order valence-electron chi connectivity index (χ1n) is 5.30. The largest absolute Gasteiger partial charge is 0.462 e. The van der Waals surface area contributed by atoms with E-state index < -0.39 is 0 Å². The number of nitriles is 1. The Hall–Kier alpha value is -0.690. The van der Waals surface area contributed by atoms with Crippen molar-refractivity contribution in [2.24, 2.45) is 0 Å². The number of carbonyl (C=O) groups excluding carboxylic acids is 1. The molecule has 1 unspecified atom stereocenters. The van der Waals surface area contributed by atoms with E-state index in [9.17, 15) is 4.79 Å². The van der Waals surface area contributed by atoms with Gasteiger partial charge in [0, 0.05) is 6.42 Å². The minimum Gasteiger partial charge on any atom is -0.462 e. The van der Waals surface area contributed by atoms with E-state index in [1.54, 1.807) is 11.8 Å². The summed E-state index contributed by atoms with van der Waals surface area (Å²) in [5.41, 5.74) is 0. The first kappa shape index (κ1) is 14.3. The summed E-state index contributed by atoms with van der Waals surface area (Å²) in [7, 11) is 0. The Labute approximate surface area is 96.2 Å². The topological polar surface area (TPSA) is 50.1 Å². The quantitative estimate of drug-likeness (QED) is 0.497. The third-order valence-electron chi connectivity index (χ3n) is 1.74. The van der Waals surface area contributed by atoms with E-state index in [2.05, 4.69) is 6.07 Å². The molecular weight excluding hydrogens is 210 g/mol. The molecule has 0 saturated heterocycles. The molecule has 0 aromatic heterocycles. The molecule has 0 amide bonds. The summed E-state index contributed by atoms with van der Waals surface area (Å²) < 4.78 is 5.14. The number of esters is 1. The Morgan fingerprint density at radius 2 is 2.20 bits per heavy atom. The van der Waals surface area contributed by atoms with Crippen molar-refractivity contribution >= 4 is 17.7 Å². The summed E-state index contributed by atoms with van der Waals surface area (Å²) in [6.07, 6.45) is 2.13. The van der Waals surface area contributed by atoms with Crippen LogP contribution in [0.2, 0.25) is 0 Å². The van der Waals surface area contributed by atoms with Gasteiger partial charge in [-0.15, -0.1) is 11.8 Å². The van der Waals surface area contributed by atoms with Gasteiger partial charge in [-0.05, 0) is 32.4 Å². The van der Waals surface area contributed by atoms with Crippen molar-refractivity contribution in [2.45, 2.75) is 51.4 Å². The minimum absolute atomic E-state index is 0.0498. The second-order valence-corrected chi connectivity index (χ2v) is 4.83. The van der Waals surface area contributed by atoms with E-state index in [1.807, 2.05) is 20.8 Å². The molecule has 0 spiro atoms. The van der Waals surface area contributed by atoms with Crippen LogP contribution in [0, 0.1) is 11.3 Å². The Morgan fingerprint density at radius 3 is 2.67 bits per heavy atom. The van der Waals surface area contributed by atoms with Crippen LogP contribution in [0.5, 0.6) is 0 Å². The van der Waals surface area contributed by atoms with Gasteiger partial charge in [0.25, 0.3) is 0 Å². The van der Waals surface area contributed by atoms with Crippen LogP contribution in [0.1, 0.15) is 40.0 Å². The lowest BCUT2D eigenvalue weighted by Gasteiger charge is -2.15. The maximum Gasteiger partial charge on any atom is 0.319 e. The molecule has 0 rings (SSSR count). The molecule has 0 radical (unpaired) electrons. The monoisotopic (exact) mass is 229 g/mol. The van der Waals surface area contributed by atoms with Gasteiger partial charge in [-0.3, -0.25) is 4.79 Å². The molecule has 15 heavy (non-hydrogen) atoms. The first-order valence-corrected chi connectivity index (χ1v) is 6.35. The minimum atomic E-state index is -0.130. The molecule has 0 N–H and O–H groups in total. The Kier molecular flexibility index (Phi) is 8.21. The first-order chi connectivity index (χ1) is 7.11. The van der Waals surface area contributed by atoms with Crippen molar-refractivity contribution in [2.75, 3.05) is 5.75 Å². The van der Waals surface area contributed by atoms with Crippen LogP contribution in [-0.4, -0.2) is 23.1 Å². The molecule has 0 heterocycles. The fraction of sp³-hybridized carbons (Fsp3) is 0.818. The number of hydrogen-bond acceptors (Lipinski definition) is 4. The number of ether oxygens (including phenoxy) is 1. The second-order valence-electron chi connectivity index (χ2n) is 3.51. The van der Waals surface area contributed by atoms with E-state index in [1.165, 1.54) is 0 Å². The molecule has 0 saturated carbocycles. The molecule has 0 aliphatic carbocycles. The van der Waals surface area contributed by atoms with Crippen LogP contribution in [0.15, 0.2) is 0 Å². The molecule has 0 aromatic rings. The summed E-state index contributed by atoms with van der Waals surface area (Å²) in [5.74, 6) is 0.716. The van der Waals surface area contributed by atoms with Gasteiger partial charge in [-0.25, -0.2) is 0 Å². The fourth-order valence-electron chi connectivity index (χ4n) is 1.04. The lowest BCUT2D eigenvalue weighted by atomic mass is 10.3. The van der Waals surface area contributed by atoms with Crippen molar-refractivity contribution in [1.82, 2.24) is 0 Å². The van der Waals surface area contributed by atoms with E-state index >= 15 is 0 Å². The Bertz CT molecular complexity index is 223. The van der Waals surface area contributed by atoms with E-state index in [0.29, 0.717) is 6.42 Å². The van der Waals surface area contributed by atoms with Crippen LogP contribution >= 0.6 is 11.8 Å². The van der Waals surface area contributed by atoms with E-state index in [-0.39, 0.29) is 17.3 Å². The molecule has 4 heteroatoms.